The Labute approximate surface area is 179 Å². The van der Waals surface area contributed by atoms with Gasteiger partial charge in [0.05, 0.1) is 13.2 Å². The Hall–Kier alpha value is -0.900. The minimum absolute atomic E-state index is 0.362. The Morgan fingerprint density at radius 3 is 2.07 bits per heavy atom. The van der Waals surface area contributed by atoms with Gasteiger partial charge in [0, 0.05) is 31.1 Å². The van der Waals surface area contributed by atoms with Crippen LogP contribution in [0.3, 0.4) is 0 Å². The van der Waals surface area contributed by atoms with Crippen molar-refractivity contribution < 1.29 is 14.2 Å². The highest BCUT2D eigenvalue weighted by Gasteiger charge is 2.42. The zero-order chi connectivity index (χ0) is 21.0. The molecule has 1 fully saturated rings. The molecular weight excluding hydrogens is 360 g/mol. The topological polar surface area (TPSA) is 27.7 Å². The average molecular weight is 405 g/mol. The van der Waals surface area contributed by atoms with Gasteiger partial charge in [-0.15, -0.1) is 0 Å². The SMILES string of the molecule is CCCCCCCCC(CCCC1(CC)COC1)C(OC)(OC)c1ccccc1. The summed E-state index contributed by atoms with van der Waals surface area (Å²) in [6, 6.07) is 10.5. The number of methoxy groups -OCH3 is 2. The summed E-state index contributed by atoms with van der Waals surface area (Å²) in [7, 11) is 3.61. The van der Waals surface area contributed by atoms with Crippen molar-refractivity contribution in [3.63, 3.8) is 0 Å². The third-order valence-electron chi connectivity index (χ3n) is 7.05. The van der Waals surface area contributed by atoms with Crippen LogP contribution < -0.4 is 0 Å². The molecule has 3 nitrogen and oxygen atoms in total. The molecule has 0 amide bonds. The van der Waals surface area contributed by atoms with Gasteiger partial charge < -0.3 is 14.2 Å². The molecule has 1 aromatic rings. The number of hydrogen-bond acceptors (Lipinski definition) is 3. The van der Waals surface area contributed by atoms with Gasteiger partial charge in [-0.1, -0.05) is 89.1 Å². The van der Waals surface area contributed by atoms with Crippen molar-refractivity contribution in [1.29, 1.82) is 0 Å². The summed E-state index contributed by atoms with van der Waals surface area (Å²) in [6.45, 7) is 6.44. The van der Waals surface area contributed by atoms with Gasteiger partial charge in [-0.2, -0.15) is 0 Å². The minimum atomic E-state index is -0.653. The molecule has 0 spiro atoms. The second-order valence-electron chi connectivity index (χ2n) is 8.93. The van der Waals surface area contributed by atoms with E-state index in [2.05, 4.69) is 44.2 Å². The van der Waals surface area contributed by atoms with E-state index in [4.69, 9.17) is 14.2 Å². The fourth-order valence-corrected chi connectivity index (χ4v) is 4.89. The zero-order valence-electron chi connectivity index (χ0n) is 19.4. The standard InChI is InChI=1S/C26H44O3/c1-5-7-8-9-10-12-16-24(19-15-20-25(6-2)21-29-22-25)26(27-3,28-4)23-17-13-11-14-18-23/h11,13-14,17-18,24H,5-10,12,15-16,19-22H2,1-4H3. The maximum Gasteiger partial charge on any atom is 0.197 e. The van der Waals surface area contributed by atoms with E-state index in [9.17, 15) is 0 Å². The quantitative estimate of drug-likeness (QED) is 0.217. The smallest absolute Gasteiger partial charge is 0.197 e. The second kappa shape index (κ2) is 12.7. The van der Waals surface area contributed by atoms with Crippen molar-refractivity contribution >= 4 is 0 Å². The molecular formula is C26H44O3. The molecule has 1 saturated heterocycles. The van der Waals surface area contributed by atoms with Crippen LogP contribution in [0.5, 0.6) is 0 Å². The van der Waals surface area contributed by atoms with Crippen LogP contribution in [0.2, 0.25) is 0 Å². The Balaban J connectivity index is 2.04. The zero-order valence-corrected chi connectivity index (χ0v) is 19.4. The first kappa shape index (κ1) is 24.4. The van der Waals surface area contributed by atoms with Gasteiger partial charge in [0.1, 0.15) is 0 Å². The number of unbranched alkanes of at least 4 members (excludes halogenated alkanes) is 5. The molecule has 1 atom stereocenters. The highest BCUT2D eigenvalue weighted by atomic mass is 16.7. The fourth-order valence-electron chi connectivity index (χ4n) is 4.89. The van der Waals surface area contributed by atoms with Crippen LogP contribution in [-0.4, -0.2) is 27.4 Å². The first-order valence-corrected chi connectivity index (χ1v) is 11.9. The van der Waals surface area contributed by atoms with E-state index >= 15 is 0 Å². The van der Waals surface area contributed by atoms with E-state index in [1.807, 2.05) is 0 Å². The average Bonchev–Trinajstić information content (AvgIpc) is 2.74. The summed E-state index contributed by atoms with van der Waals surface area (Å²) < 4.78 is 17.8. The molecule has 2 rings (SSSR count). The third kappa shape index (κ3) is 6.54. The Morgan fingerprint density at radius 1 is 0.897 bits per heavy atom. The molecule has 1 aromatic carbocycles. The largest absolute Gasteiger partial charge is 0.380 e. The molecule has 0 aromatic heterocycles. The Kier molecular flexibility index (Phi) is 10.7. The normalized spacial score (nSPS) is 17.1. The summed E-state index contributed by atoms with van der Waals surface area (Å²) in [5.41, 5.74) is 1.55. The van der Waals surface area contributed by atoms with Gasteiger partial charge >= 0.3 is 0 Å². The number of hydrogen-bond donors (Lipinski definition) is 0. The van der Waals surface area contributed by atoms with E-state index in [0.717, 1.165) is 31.6 Å². The lowest BCUT2D eigenvalue weighted by Crippen LogP contribution is -2.42. The van der Waals surface area contributed by atoms with Crippen LogP contribution in [-0.2, 0) is 20.0 Å². The molecule has 166 valence electrons. The van der Waals surface area contributed by atoms with E-state index < -0.39 is 5.79 Å². The summed E-state index contributed by atoms with van der Waals surface area (Å²) in [5, 5.41) is 0. The molecule has 0 N–H and O–H groups in total. The maximum absolute atomic E-state index is 6.13. The van der Waals surface area contributed by atoms with Crippen molar-refractivity contribution in [2.75, 3.05) is 27.4 Å². The van der Waals surface area contributed by atoms with Gasteiger partial charge in [-0.25, -0.2) is 0 Å². The lowest BCUT2D eigenvalue weighted by molar-refractivity contribution is -0.254. The molecule has 0 saturated carbocycles. The van der Waals surface area contributed by atoms with Crippen LogP contribution in [0, 0.1) is 11.3 Å². The van der Waals surface area contributed by atoms with Crippen LogP contribution in [0.4, 0.5) is 0 Å². The van der Waals surface area contributed by atoms with Crippen LogP contribution >= 0.6 is 0 Å². The van der Waals surface area contributed by atoms with Gasteiger partial charge in [-0.05, 0) is 25.7 Å². The molecule has 29 heavy (non-hydrogen) atoms. The molecule has 0 radical (unpaired) electrons. The Morgan fingerprint density at radius 2 is 1.52 bits per heavy atom. The molecule has 1 aliphatic heterocycles. The summed E-state index contributed by atoms with van der Waals surface area (Å²) in [6.07, 6.45) is 13.9. The first-order chi connectivity index (χ1) is 14.2. The van der Waals surface area contributed by atoms with Crippen molar-refractivity contribution in [2.45, 2.75) is 90.3 Å². The van der Waals surface area contributed by atoms with Gasteiger partial charge in [0.25, 0.3) is 0 Å². The lowest BCUT2D eigenvalue weighted by atomic mass is 9.76. The van der Waals surface area contributed by atoms with E-state index in [1.165, 1.54) is 57.8 Å². The highest BCUT2D eigenvalue weighted by Crippen LogP contribution is 2.42. The van der Waals surface area contributed by atoms with Gasteiger partial charge in [0.2, 0.25) is 0 Å². The van der Waals surface area contributed by atoms with Crippen LogP contribution in [0.15, 0.2) is 30.3 Å². The number of rotatable bonds is 16. The molecule has 0 aliphatic carbocycles. The third-order valence-corrected chi connectivity index (χ3v) is 7.05. The van der Waals surface area contributed by atoms with Crippen LogP contribution in [0.1, 0.15) is 90.0 Å². The molecule has 3 heteroatoms. The Bertz CT molecular complexity index is 529. The van der Waals surface area contributed by atoms with E-state index in [-0.39, 0.29) is 0 Å². The van der Waals surface area contributed by atoms with Gasteiger partial charge in [0.15, 0.2) is 5.79 Å². The fraction of sp³-hybridized carbons (Fsp3) is 0.769. The maximum atomic E-state index is 6.13. The molecule has 0 bridgehead atoms. The first-order valence-electron chi connectivity index (χ1n) is 11.9. The van der Waals surface area contributed by atoms with E-state index in [0.29, 0.717) is 11.3 Å². The van der Waals surface area contributed by atoms with Crippen molar-refractivity contribution in [3.8, 4) is 0 Å². The summed E-state index contributed by atoms with van der Waals surface area (Å²) in [4.78, 5) is 0. The van der Waals surface area contributed by atoms with Crippen molar-refractivity contribution in [2.24, 2.45) is 11.3 Å². The molecule has 1 heterocycles. The van der Waals surface area contributed by atoms with Crippen LogP contribution in [0.25, 0.3) is 0 Å². The number of benzene rings is 1. The number of ether oxygens (including phenoxy) is 3. The monoisotopic (exact) mass is 404 g/mol. The minimum Gasteiger partial charge on any atom is -0.380 e. The predicted molar refractivity (Wildman–Crippen MR) is 121 cm³/mol. The van der Waals surface area contributed by atoms with Crippen molar-refractivity contribution in [1.82, 2.24) is 0 Å². The van der Waals surface area contributed by atoms with E-state index in [1.54, 1.807) is 14.2 Å². The summed E-state index contributed by atoms with van der Waals surface area (Å²) >= 11 is 0. The second-order valence-corrected chi connectivity index (χ2v) is 8.93. The van der Waals surface area contributed by atoms with Crippen molar-refractivity contribution in [3.05, 3.63) is 35.9 Å². The molecule has 1 aliphatic rings. The van der Waals surface area contributed by atoms with Gasteiger partial charge in [-0.3, -0.25) is 0 Å². The summed E-state index contributed by atoms with van der Waals surface area (Å²) in [5.74, 6) is -0.291. The lowest BCUT2D eigenvalue weighted by Gasteiger charge is -2.42. The predicted octanol–water partition coefficient (Wildman–Crippen LogP) is 7.10. The highest BCUT2D eigenvalue weighted by molar-refractivity contribution is 5.21. The molecule has 1 unspecified atom stereocenters.